The molecule has 4 nitrogen and oxygen atoms in total. The first kappa shape index (κ1) is 22.0. The lowest BCUT2D eigenvalue weighted by atomic mass is 10.0. The average Bonchev–Trinajstić information content (AvgIpc) is 2.70. The van der Waals surface area contributed by atoms with Gasteiger partial charge in [-0.15, -0.1) is 0 Å². The molecule has 158 valence electrons. The van der Waals surface area contributed by atoms with Crippen LogP contribution in [0, 0.1) is 11.6 Å². The van der Waals surface area contributed by atoms with Crippen LogP contribution in [0.2, 0.25) is 0 Å². The molecule has 2 aromatic rings. The Balaban J connectivity index is 1.64. The van der Waals surface area contributed by atoms with Crippen LogP contribution in [-0.4, -0.2) is 70.2 Å². The summed E-state index contributed by atoms with van der Waals surface area (Å²) >= 11 is 0. The van der Waals surface area contributed by atoms with Crippen molar-refractivity contribution in [2.45, 2.75) is 18.3 Å². The number of halogens is 2. The predicted molar refractivity (Wildman–Crippen MR) is 112 cm³/mol. The molecule has 1 heterocycles. The van der Waals surface area contributed by atoms with Gasteiger partial charge in [0.1, 0.15) is 11.6 Å². The molecule has 1 aliphatic heterocycles. The summed E-state index contributed by atoms with van der Waals surface area (Å²) in [5.41, 5.74) is 1.52. The molecule has 0 amide bonds. The van der Waals surface area contributed by atoms with E-state index >= 15 is 0 Å². The summed E-state index contributed by atoms with van der Waals surface area (Å²) in [5.74, 6) is -0.199. The lowest BCUT2D eigenvalue weighted by molar-refractivity contribution is 0.0832. The Kier molecular flexibility index (Phi) is 7.89. The maximum atomic E-state index is 13.4. The molecule has 1 N–H and O–H groups in total. The monoisotopic (exact) mass is 422 g/mol. The second kappa shape index (κ2) is 10.4. The third-order valence-electron chi connectivity index (χ3n) is 5.20. The van der Waals surface area contributed by atoms with E-state index in [2.05, 4.69) is 9.80 Å². The molecule has 2 atom stereocenters. The molecule has 0 radical (unpaired) electrons. The van der Waals surface area contributed by atoms with E-state index in [4.69, 9.17) is 0 Å². The summed E-state index contributed by atoms with van der Waals surface area (Å²) in [6, 6.07) is 12.1. The zero-order chi connectivity index (χ0) is 20.8. The van der Waals surface area contributed by atoms with Gasteiger partial charge in [0.2, 0.25) is 0 Å². The van der Waals surface area contributed by atoms with E-state index in [1.54, 1.807) is 31.2 Å². The van der Waals surface area contributed by atoms with E-state index in [-0.39, 0.29) is 17.7 Å². The van der Waals surface area contributed by atoms with E-state index < -0.39 is 16.0 Å². The smallest absolute Gasteiger partial charge is 0.123 e. The molecule has 0 saturated carbocycles. The number of aliphatic hydroxyl groups is 1. The maximum Gasteiger partial charge on any atom is 0.123 e. The van der Waals surface area contributed by atoms with E-state index in [0.717, 1.165) is 37.3 Å². The van der Waals surface area contributed by atoms with Crippen LogP contribution in [0.3, 0.4) is 0 Å². The summed E-state index contributed by atoms with van der Waals surface area (Å²) in [6.07, 6.45) is -0.332. The summed E-state index contributed by atoms with van der Waals surface area (Å²) in [5, 5.41) is 9.09. The lowest BCUT2D eigenvalue weighted by Crippen LogP contribution is -2.49. The second-order valence-electron chi connectivity index (χ2n) is 7.56. The Morgan fingerprint density at radius 2 is 1.34 bits per heavy atom. The van der Waals surface area contributed by atoms with Crippen LogP contribution < -0.4 is 0 Å². The number of β-amino-alcohol motifs (C(OH)–C–C–N with tert-alkyl or cyclic N) is 1. The molecule has 0 spiro atoms. The van der Waals surface area contributed by atoms with Gasteiger partial charge in [0, 0.05) is 55.8 Å². The quantitative estimate of drug-likeness (QED) is 0.711. The third-order valence-corrected chi connectivity index (χ3v) is 6.86. The van der Waals surface area contributed by atoms with E-state index in [1.807, 2.05) is 0 Å². The molecule has 0 aliphatic carbocycles. The fourth-order valence-corrected chi connectivity index (χ4v) is 5.27. The molecule has 0 bridgehead atoms. The molecule has 2 unspecified atom stereocenters. The molecule has 3 rings (SSSR count). The van der Waals surface area contributed by atoms with Crippen molar-refractivity contribution in [1.82, 2.24) is 9.80 Å². The number of rotatable bonds is 8. The lowest BCUT2D eigenvalue weighted by Gasteiger charge is -2.35. The van der Waals surface area contributed by atoms with Crippen LogP contribution in [0.15, 0.2) is 48.5 Å². The Morgan fingerprint density at radius 3 is 1.79 bits per heavy atom. The normalized spacial score (nSPS) is 18.1. The highest BCUT2D eigenvalue weighted by Crippen LogP contribution is 2.29. The third kappa shape index (κ3) is 6.40. The van der Waals surface area contributed by atoms with Crippen LogP contribution in [0.4, 0.5) is 8.78 Å². The van der Waals surface area contributed by atoms with Crippen molar-refractivity contribution in [2.24, 2.45) is 0 Å². The number of hydrogen-bond donors (Lipinski definition) is 1. The molecule has 0 aromatic heterocycles. The fraction of sp³-hybridized carbons (Fsp3) is 0.455. The van der Waals surface area contributed by atoms with Gasteiger partial charge < -0.3 is 5.11 Å². The molecule has 2 aromatic carbocycles. The first-order valence-corrected chi connectivity index (χ1v) is 11.3. The fourth-order valence-electron chi connectivity index (χ4n) is 3.68. The molecular weight excluding hydrogens is 394 g/mol. The van der Waals surface area contributed by atoms with Gasteiger partial charge in [0.25, 0.3) is 0 Å². The van der Waals surface area contributed by atoms with Crippen LogP contribution in [-0.2, 0) is 10.8 Å². The summed E-state index contributed by atoms with van der Waals surface area (Å²) < 4.78 is 39.9. The van der Waals surface area contributed by atoms with E-state index in [9.17, 15) is 18.1 Å². The number of aliphatic hydroxyl groups excluding tert-OH is 1. The van der Waals surface area contributed by atoms with Gasteiger partial charge in [-0.2, -0.15) is 0 Å². The SMILES string of the molecule is CC(O)CN1CCN(CCS(=O)C(c2ccc(F)cc2)c2ccc(F)cc2)CC1. The average molecular weight is 423 g/mol. The van der Waals surface area contributed by atoms with Gasteiger partial charge in [-0.3, -0.25) is 14.0 Å². The molecule has 1 fully saturated rings. The first-order valence-electron chi connectivity index (χ1n) is 9.93. The van der Waals surface area contributed by atoms with Crippen LogP contribution in [0.25, 0.3) is 0 Å². The van der Waals surface area contributed by atoms with Crippen LogP contribution >= 0.6 is 0 Å². The summed E-state index contributed by atoms with van der Waals surface area (Å²) in [6.45, 7) is 6.70. The van der Waals surface area contributed by atoms with Gasteiger partial charge in [-0.25, -0.2) is 8.78 Å². The van der Waals surface area contributed by atoms with Gasteiger partial charge in [0.15, 0.2) is 0 Å². The van der Waals surface area contributed by atoms with E-state index in [1.165, 1.54) is 24.3 Å². The van der Waals surface area contributed by atoms with Crippen molar-refractivity contribution in [2.75, 3.05) is 45.0 Å². The summed E-state index contributed by atoms with van der Waals surface area (Å²) in [4.78, 5) is 4.51. The summed E-state index contributed by atoms with van der Waals surface area (Å²) in [7, 11) is -1.23. The largest absolute Gasteiger partial charge is 0.392 e. The van der Waals surface area contributed by atoms with Crippen LogP contribution in [0.1, 0.15) is 23.3 Å². The number of benzene rings is 2. The maximum absolute atomic E-state index is 13.4. The topological polar surface area (TPSA) is 43.8 Å². The van der Waals surface area contributed by atoms with Gasteiger partial charge in [0.05, 0.1) is 11.4 Å². The highest BCUT2D eigenvalue weighted by atomic mass is 32.2. The minimum atomic E-state index is -1.23. The molecule has 7 heteroatoms. The van der Waals surface area contributed by atoms with Crippen molar-refractivity contribution in [3.8, 4) is 0 Å². The Bertz CT molecular complexity index is 746. The zero-order valence-electron chi connectivity index (χ0n) is 16.6. The van der Waals surface area contributed by atoms with Crippen molar-refractivity contribution in [1.29, 1.82) is 0 Å². The van der Waals surface area contributed by atoms with Crippen molar-refractivity contribution in [3.63, 3.8) is 0 Å². The van der Waals surface area contributed by atoms with Gasteiger partial charge in [-0.05, 0) is 42.3 Å². The van der Waals surface area contributed by atoms with E-state index in [0.29, 0.717) is 18.8 Å². The van der Waals surface area contributed by atoms with Crippen molar-refractivity contribution >= 4 is 10.8 Å². The van der Waals surface area contributed by atoms with Crippen molar-refractivity contribution < 1.29 is 18.1 Å². The van der Waals surface area contributed by atoms with Gasteiger partial charge >= 0.3 is 0 Å². The first-order chi connectivity index (χ1) is 13.9. The standard InChI is InChI=1S/C22H28F2N2O2S/c1-17(27)16-26-12-10-25(11-13-26)14-15-29(28)22(18-2-6-20(23)7-3-18)19-4-8-21(24)9-5-19/h2-9,17,22,27H,10-16H2,1H3. The number of hydrogen-bond acceptors (Lipinski definition) is 4. The highest BCUT2D eigenvalue weighted by molar-refractivity contribution is 7.85. The predicted octanol–water partition coefficient (Wildman–Crippen LogP) is 2.80. The van der Waals surface area contributed by atoms with Gasteiger partial charge in [-0.1, -0.05) is 24.3 Å². The Morgan fingerprint density at radius 1 is 0.897 bits per heavy atom. The molecular formula is C22H28F2N2O2S. The molecule has 1 saturated heterocycles. The zero-order valence-corrected chi connectivity index (χ0v) is 17.5. The second-order valence-corrected chi connectivity index (χ2v) is 9.20. The van der Waals surface area contributed by atoms with Crippen LogP contribution in [0.5, 0.6) is 0 Å². The minimum Gasteiger partial charge on any atom is -0.392 e. The minimum absolute atomic E-state index is 0.332. The number of piperazine rings is 1. The molecule has 29 heavy (non-hydrogen) atoms. The van der Waals surface area contributed by atoms with Crippen molar-refractivity contribution in [3.05, 3.63) is 71.3 Å². The Labute approximate surface area is 173 Å². The highest BCUT2D eigenvalue weighted by Gasteiger charge is 2.23. The molecule has 1 aliphatic rings. The Hall–Kier alpha value is -1.67. The number of nitrogens with zero attached hydrogens (tertiary/aromatic N) is 2.